The van der Waals surface area contributed by atoms with E-state index < -0.39 is 0 Å². The van der Waals surface area contributed by atoms with Crippen LogP contribution >= 0.6 is 34.0 Å². The molecule has 0 unspecified atom stereocenters. The van der Waals surface area contributed by atoms with E-state index in [1.54, 1.807) is 11.3 Å². The lowest BCUT2D eigenvalue weighted by Gasteiger charge is -2.29. The molecule has 0 saturated heterocycles. The molecule has 3 nitrogen and oxygen atoms in total. The molecule has 0 aliphatic carbocycles. The van der Waals surface area contributed by atoms with Crippen LogP contribution in [0.15, 0.2) is 6.58 Å². The van der Waals surface area contributed by atoms with Crippen LogP contribution in [0.1, 0.15) is 180 Å². The summed E-state index contributed by atoms with van der Waals surface area (Å²) in [6, 6.07) is 0.254. The van der Waals surface area contributed by atoms with Gasteiger partial charge < -0.3 is 4.90 Å². The van der Waals surface area contributed by atoms with Crippen molar-refractivity contribution >= 4 is 55.8 Å². The Hall–Kier alpha value is -1.50. The predicted octanol–water partition coefficient (Wildman–Crippen LogP) is 13.9. The summed E-state index contributed by atoms with van der Waals surface area (Å²) in [6.07, 6.45) is 26.6. The second-order valence-corrected chi connectivity index (χ2v) is 16.9. The number of thiazole rings is 1. The number of aromatic nitrogens is 1. The van der Waals surface area contributed by atoms with E-state index in [-0.39, 0.29) is 11.9 Å². The summed E-state index contributed by atoms with van der Waals surface area (Å²) in [6.45, 7) is 15.8. The Bertz CT molecular complexity index is 1350. The summed E-state index contributed by atoms with van der Waals surface area (Å²) in [4.78, 5) is 26.6. The molecule has 45 heavy (non-hydrogen) atoms. The highest BCUT2D eigenvalue weighted by Gasteiger charge is 2.41. The molecule has 0 aromatic carbocycles. The number of hydrogen-bond donors (Lipinski definition) is 0. The number of fused-ring (bicyclic) bond motifs is 2. The smallest absolute Gasteiger partial charge is 0.260 e. The molecule has 4 rings (SSSR count). The topological polar surface area (TPSA) is 33.2 Å². The first-order valence-electron chi connectivity index (χ1n) is 18.5. The van der Waals surface area contributed by atoms with Gasteiger partial charge in [-0.05, 0) is 39.5 Å². The SMILES string of the molecule is C=C1c2c(C)sc(-c3sc(C)c4nc(CCCCCCCC)sc34)c2C(=O)N1C(CCCCCCCC)CCCCCCCC. The van der Waals surface area contributed by atoms with Crippen LogP contribution in [0.25, 0.3) is 25.7 Å². The Morgan fingerprint density at radius 1 is 0.644 bits per heavy atom. The number of amides is 1. The van der Waals surface area contributed by atoms with Crippen molar-refractivity contribution in [1.29, 1.82) is 0 Å². The van der Waals surface area contributed by atoms with Crippen LogP contribution in [0.3, 0.4) is 0 Å². The van der Waals surface area contributed by atoms with Crippen molar-refractivity contribution in [2.24, 2.45) is 0 Å². The van der Waals surface area contributed by atoms with Gasteiger partial charge in [0.2, 0.25) is 0 Å². The van der Waals surface area contributed by atoms with Crippen LogP contribution in [0.5, 0.6) is 0 Å². The first-order chi connectivity index (χ1) is 21.9. The summed E-state index contributed by atoms with van der Waals surface area (Å²) in [5, 5.41) is 1.26. The third kappa shape index (κ3) is 9.32. The monoisotopic (exact) mass is 668 g/mol. The molecule has 0 N–H and O–H groups in total. The van der Waals surface area contributed by atoms with Gasteiger partial charge in [0, 0.05) is 27.1 Å². The van der Waals surface area contributed by atoms with Crippen molar-refractivity contribution in [2.75, 3.05) is 0 Å². The van der Waals surface area contributed by atoms with Gasteiger partial charge in [-0.25, -0.2) is 4.98 Å². The molecule has 6 heteroatoms. The normalized spacial score (nSPS) is 13.3. The van der Waals surface area contributed by atoms with Crippen molar-refractivity contribution < 1.29 is 4.79 Å². The highest BCUT2D eigenvalue weighted by atomic mass is 32.1. The molecule has 3 aromatic rings. The zero-order valence-corrected chi connectivity index (χ0v) is 31.6. The average molecular weight is 669 g/mol. The average Bonchev–Trinajstić information content (AvgIpc) is 3.75. The highest BCUT2D eigenvalue weighted by Crippen LogP contribution is 2.51. The molecule has 3 aromatic heterocycles. The van der Waals surface area contributed by atoms with Gasteiger partial charge in [-0.15, -0.1) is 34.0 Å². The van der Waals surface area contributed by atoms with Crippen LogP contribution in [0.4, 0.5) is 0 Å². The van der Waals surface area contributed by atoms with E-state index >= 15 is 0 Å². The first kappa shape index (κ1) is 36.3. The van der Waals surface area contributed by atoms with Gasteiger partial charge in [0.1, 0.15) is 0 Å². The van der Waals surface area contributed by atoms with E-state index in [0.29, 0.717) is 0 Å². The maximum Gasteiger partial charge on any atom is 0.260 e. The lowest BCUT2D eigenvalue weighted by Crippen LogP contribution is -2.35. The fraction of sp³-hybridized carbons (Fsp3) is 0.692. The maximum absolute atomic E-state index is 14.5. The van der Waals surface area contributed by atoms with Gasteiger partial charge in [0.05, 0.1) is 30.5 Å². The lowest BCUT2D eigenvalue weighted by atomic mass is 9.98. The fourth-order valence-electron chi connectivity index (χ4n) is 7.05. The van der Waals surface area contributed by atoms with Crippen LogP contribution in [0.2, 0.25) is 0 Å². The highest BCUT2D eigenvalue weighted by molar-refractivity contribution is 7.29. The Morgan fingerprint density at radius 3 is 1.73 bits per heavy atom. The molecular formula is C39H60N2OS3. The number of carbonyl (C=O) groups excluding carboxylic acids is 1. The molecule has 4 heterocycles. The minimum Gasteiger partial charge on any atom is -0.305 e. The molecule has 0 bridgehead atoms. The zero-order valence-electron chi connectivity index (χ0n) is 29.2. The first-order valence-corrected chi connectivity index (χ1v) is 20.9. The Labute approximate surface area is 286 Å². The van der Waals surface area contributed by atoms with Gasteiger partial charge in [0.15, 0.2) is 0 Å². The largest absolute Gasteiger partial charge is 0.305 e. The maximum atomic E-state index is 14.5. The van der Waals surface area contributed by atoms with Crippen molar-refractivity contribution in [3.8, 4) is 9.75 Å². The quantitative estimate of drug-likeness (QED) is 0.0942. The zero-order chi connectivity index (χ0) is 32.2. The standard InChI is InChI=1S/C39H60N2OS3/c1-7-10-13-16-19-22-25-31(26-23-20-17-14-11-8-2)41-28(4)33-29(5)43-36(34(33)39(41)42)38-37-35(30(6)44-38)40-32(45-37)27-24-21-18-15-12-9-3/h31H,4,7-27H2,1-3,5-6H3. The van der Waals surface area contributed by atoms with Crippen molar-refractivity contribution in [3.05, 3.63) is 32.5 Å². The molecule has 0 radical (unpaired) electrons. The van der Waals surface area contributed by atoms with Crippen LogP contribution in [0, 0.1) is 13.8 Å². The number of thiophene rings is 2. The number of hydrogen-bond acceptors (Lipinski definition) is 5. The van der Waals surface area contributed by atoms with Crippen molar-refractivity contribution in [3.63, 3.8) is 0 Å². The lowest BCUT2D eigenvalue weighted by molar-refractivity contribution is 0.0789. The predicted molar refractivity (Wildman–Crippen MR) is 202 cm³/mol. The van der Waals surface area contributed by atoms with Crippen LogP contribution in [-0.2, 0) is 6.42 Å². The molecule has 0 saturated carbocycles. The number of aryl methyl sites for hydroxylation is 3. The van der Waals surface area contributed by atoms with Crippen molar-refractivity contribution in [1.82, 2.24) is 9.88 Å². The summed E-state index contributed by atoms with van der Waals surface area (Å²) in [5.41, 5.74) is 4.15. The summed E-state index contributed by atoms with van der Waals surface area (Å²) in [5.74, 6) is 0.201. The van der Waals surface area contributed by atoms with E-state index in [4.69, 9.17) is 4.98 Å². The summed E-state index contributed by atoms with van der Waals surface area (Å²) < 4.78 is 1.29. The third-order valence-electron chi connectivity index (χ3n) is 9.66. The number of nitrogens with zero attached hydrogens (tertiary/aromatic N) is 2. The van der Waals surface area contributed by atoms with E-state index in [9.17, 15) is 4.79 Å². The van der Waals surface area contributed by atoms with Crippen molar-refractivity contribution in [2.45, 2.75) is 175 Å². The second kappa shape index (κ2) is 18.7. The third-order valence-corrected chi connectivity index (χ3v) is 13.3. The molecule has 0 spiro atoms. The second-order valence-electron chi connectivity index (χ2n) is 13.4. The number of carbonyl (C=O) groups is 1. The van der Waals surface area contributed by atoms with Gasteiger partial charge >= 0.3 is 0 Å². The van der Waals surface area contributed by atoms with E-state index in [1.165, 1.54) is 140 Å². The number of rotatable bonds is 23. The van der Waals surface area contributed by atoms with Crippen LogP contribution in [-0.4, -0.2) is 21.8 Å². The Morgan fingerprint density at radius 2 is 1.16 bits per heavy atom. The molecule has 1 amide bonds. The molecule has 1 aliphatic rings. The fourth-order valence-corrected chi connectivity index (χ4v) is 10.8. The minimum absolute atomic E-state index is 0.201. The minimum atomic E-state index is 0.201. The van der Waals surface area contributed by atoms with E-state index in [1.807, 2.05) is 22.7 Å². The molecule has 0 atom stereocenters. The van der Waals surface area contributed by atoms with E-state index in [2.05, 4.69) is 46.1 Å². The van der Waals surface area contributed by atoms with Gasteiger partial charge in [-0.1, -0.05) is 137 Å². The van der Waals surface area contributed by atoms with Gasteiger partial charge in [-0.3, -0.25) is 4.79 Å². The molecule has 1 aliphatic heterocycles. The number of unbranched alkanes of at least 4 members (excludes halogenated alkanes) is 15. The van der Waals surface area contributed by atoms with Gasteiger partial charge in [0.25, 0.3) is 5.91 Å². The van der Waals surface area contributed by atoms with Gasteiger partial charge in [-0.2, -0.15) is 0 Å². The Balaban J connectivity index is 1.52. The van der Waals surface area contributed by atoms with Crippen LogP contribution < -0.4 is 0 Å². The molecule has 250 valence electrons. The summed E-state index contributed by atoms with van der Waals surface area (Å²) >= 11 is 5.50. The summed E-state index contributed by atoms with van der Waals surface area (Å²) in [7, 11) is 0. The van der Waals surface area contributed by atoms with E-state index in [0.717, 1.165) is 46.5 Å². The Kier molecular flexibility index (Phi) is 15.1. The molecule has 0 fully saturated rings. The molecular weight excluding hydrogens is 609 g/mol.